The number of allylic oxidation sites excluding steroid dienone is 4. The lowest BCUT2D eigenvalue weighted by molar-refractivity contribution is -0.385. The van der Waals surface area contributed by atoms with Crippen LogP contribution in [0.3, 0.4) is 0 Å². The molecule has 0 aromatic heterocycles. The first-order valence-electron chi connectivity index (χ1n) is 30.8. The van der Waals surface area contributed by atoms with Gasteiger partial charge >= 0.3 is 0 Å². The lowest BCUT2D eigenvalue weighted by Crippen LogP contribution is -2.55. The number of amides is 1. The van der Waals surface area contributed by atoms with Crippen LogP contribution < -0.4 is 9.80 Å². The molecule has 4 aromatic carbocycles. The summed E-state index contributed by atoms with van der Waals surface area (Å²) >= 11 is 0. The van der Waals surface area contributed by atoms with Gasteiger partial charge in [0.2, 0.25) is 26.5 Å². The molecule has 2 spiro atoms. The Kier molecular flexibility index (Phi) is 28.1. The van der Waals surface area contributed by atoms with Crippen molar-refractivity contribution in [3.63, 3.8) is 0 Å². The SMILES string of the molecule is CC.CC.CC.CC.CC.CC.CC.CC(C)=C[C@H]1CCC[C@]23c4c1cccc4N(C)[C@H]2OC(C)(C)N3S(=O)(=O)c1ccc([N+](=O)[O-])cc1.CC(C)=C[C@H]1CCC[C@]23c4c1cccc4N(C=O)[C@H]2OC(C)(C)N3S(=O)(=O)c1ccc([N+](=O)[O-])cc1. The van der Waals surface area contributed by atoms with Gasteiger partial charge in [0.05, 0.1) is 25.3 Å². The molecule has 1 amide bonds. The summed E-state index contributed by atoms with van der Waals surface area (Å²) in [6, 6.07) is 22.0. The quantitative estimate of drug-likeness (QED) is 0.0665. The minimum absolute atomic E-state index is 0.0217. The number of ether oxygens (including phenoxy) is 2. The predicted molar refractivity (Wildman–Crippen MR) is 347 cm³/mol. The molecule has 17 nitrogen and oxygen atoms in total. The fraction of sp³-hybridized carbons (Fsp3) is 0.561. The van der Waals surface area contributed by atoms with E-state index >= 15 is 0 Å². The van der Waals surface area contributed by atoms with Crippen molar-refractivity contribution in [2.45, 2.75) is 247 Å². The van der Waals surface area contributed by atoms with Gasteiger partial charge in [0.1, 0.15) is 22.5 Å². The van der Waals surface area contributed by atoms with Gasteiger partial charge in [-0.05, 0) is 129 Å². The molecule has 6 atom stereocenters. The number of nitro groups is 2. The van der Waals surface area contributed by atoms with E-state index < -0.39 is 64.9 Å². The first kappa shape index (κ1) is 75.3. The van der Waals surface area contributed by atoms with Crippen LogP contribution in [0.2, 0.25) is 0 Å². The van der Waals surface area contributed by atoms with Gasteiger partial charge in [-0.25, -0.2) is 16.8 Å². The molecule has 85 heavy (non-hydrogen) atoms. The Balaban J connectivity index is 0.000000482. The van der Waals surface area contributed by atoms with Crippen LogP contribution in [0.5, 0.6) is 0 Å². The van der Waals surface area contributed by atoms with Crippen molar-refractivity contribution in [3.8, 4) is 0 Å². The molecule has 4 aliphatic heterocycles. The summed E-state index contributed by atoms with van der Waals surface area (Å²) in [6.45, 7) is 43.2. The topological polar surface area (TPSA) is 203 Å². The molecule has 6 aliphatic rings. The number of benzene rings is 4. The summed E-state index contributed by atoms with van der Waals surface area (Å²) in [5.74, 6) is 0.262. The molecular formula is C66H102N6O11S2. The summed E-state index contributed by atoms with van der Waals surface area (Å²) in [5.41, 5.74) is 3.18. The van der Waals surface area contributed by atoms with E-state index in [9.17, 15) is 41.9 Å². The van der Waals surface area contributed by atoms with Crippen LogP contribution in [0, 0.1) is 20.2 Å². The largest absolute Gasteiger partial charge is 0.347 e. The Bertz CT molecular complexity index is 3140. The van der Waals surface area contributed by atoms with Crippen molar-refractivity contribution in [1.29, 1.82) is 0 Å². The molecule has 2 aliphatic carbocycles. The number of rotatable bonds is 9. The lowest BCUT2D eigenvalue weighted by atomic mass is 9.83. The van der Waals surface area contributed by atoms with E-state index in [1.165, 1.54) is 63.3 Å². The van der Waals surface area contributed by atoms with Gasteiger partial charge < -0.3 is 14.4 Å². The number of hydrogen-bond donors (Lipinski definition) is 0. The Labute approximate surface area is 511 Å². The van der Waals surface area contributed by atoms with Gasteiger partial charge in [-0.2, -0.15) is 8.61 Å². The van der Waals surface area contributed by atoms with Crippen LogP contribution in [0.15, 0.2) is 118 Å². The second kappa shape index (κ2) is 31.7. The average molecular weight is 1220 g/mol. The van der Waals surface area contributed by atoms with Gasteiger partial charge in [0.15, 0.2) is 12.5 Å². The number of carbonyl (C=O) groups excluding carboxylic acids is 1. The number of carbonyl (C=O) groups is 1. The Morgan fingerprint density at radius 1 is 0.529 bits per heavy atom. The van der Waals surface area contributed by atoms with Crippen LogP contribution >= 0.6 is 0 Å². The van der Waals surface area contributed by atoms with E-state index in [-0.39, 0.29) is 33.0 Å². The zero-order valence-corrected chi connectivity index (χ0v) is 57.0. The van der Waals surface area contributed by atoms with Crippen molar-refractivity contribution in [2.24, 2.45) is 0 Å². The van der Waals surface area contributed by atoms with Crippen molar-refractivity contribution in [1.82, 2.24) is 8.61 Å². The molecule has 474 valence electrons. The van der Waals surface area contributed by atoms with Crippen molar-refractivity contribution in [2.75, 3.05) is 16.8 Å². The van der Waals surface area contributed by atoms with Crippen molar-refractivity contribution in [3.05, 3.63) is 151 Å². The number of sulfonamides is 2. The number of nitro benzene ring substituents is 2. The standard InChI is InChI=1S/C26H29N3O6S.C26H31N3O5S.7C2H6/c1-17(2)15-18-7-6-14-26-23-21(18)8-5-9-22(23)27(16-30)24(26)35-25(3,4)29(26)36(33,34)20-12-10-19(11-13-20)28(31)32;1-17(2)16-18-8-7-15-26-23-21(18)9-6-10-22(23)27(5)24(26)34-25(3,4)29(26)35(32,33)20-13-11-19(12-14-20)28(30)31;7*1-2/h5,8-13,15-16,18,24H,6-7,14H2,1-4H3;6,9-14,16,18,24H,7-8,15H2,1-5H3;7*1-2H3/t2*18-,24+,26+;;;;;;;/m11......./s1. The smallest absolute Gasteiger partial charge is 0.269 e. The highest BCUT2D eigenvalue weighted by Gasteiger charge is 2.71. The van der Waals surface area contributed by atoms with Gasteiger partial charge in [-0.3, -0.25) is 29.9 Å². The van der Waals surface area contributed by atoms with Gasteiger partial charge in [-0.1, -0.05) is 157 Å². The monoisotopic (exact) mass is 1220 g/mol. The number of non-ortho nitro benzene ring substituents is 2. The van der Waals surface area contributed by atoms with E-state index in [1.54, 1.807) is 32.0 Å². The molecular weight excluding hydrogens is 1120 g/mol. The third-order valence-corrected chi connectivity index (χ3v) is 19.1. The molecule has 0 unspecified atom stereocenters. The molecule has 0 bridgehead atoms. The molecule has 0 saturated carbocycles. The van der Waals surface area contributed by atoms with E-state index in [0.29, 0.717) is 24.9 Å². The second-order valence-corrected chi connectivity index (χ2v) is 24.4. The van der Waals surface area contributed by atoms with Gasteiger partial charge in [0, 0.05) is 60.0 Å². The predicted octanol–water partition coefficient (Wildman–Crippen LogP) is 17.2. The normalized spacial score (nSPS) is 23.0. The van der Waals surface area contributed by atoms with E-state index in [2.05, 4.69) is 37.0 Å². The summed E-state index contributed by atoms with van der Waals surface area (Å²) in [7, 11) is -6.31. The van der Waals surface area contributed by atoms with Gasteiger partial charge in [0.25, 0.3) is 11.4 Å². The van der Waals surface area contributed by atoms with Crippen molar-refractivity contribution < 1.29 is 41.0 Å². The third kappa shape index (κ3) is 14.0. The molecule has 19 heteroatoms. The maximum Gasteiger partial charge on any atom is 0.269 e. The van der Waals surface area contributed by atoms with Crippen LogP contribution in [-0.2, 0) is 45.4 Å². The summed E-state index contributed by atoms with van der Waals surface area (Å²) < 4.78 is 73.2. The molecule has 2 fully saturated rings. The molecule has 10 rings (SSSR count). The molecule has 0 N–H and O–H groups in total. The summed E-state index contributed by atoms with van der Waals surface area (Å²) in [6.07, 6.45) is 8.27. The highest BCUT2D eigenvalue weighted by atomic mass is 32.2. The van der Waals surface area contributed by atoms with Crippen LogP contribution in [-0.4, -0.2) is 72.7 Å². The maximum absolute atomic E-state index is 14.3. The van der Waals surface area contributed by atoms with Crippen LogP contribution in [0.25, 0.3) is 0 Å². The fourth-order valence-electron chi connectivity index (χ4n) is 12.7. The Morgan fingerprint density at radius 3 is 1.20 bits per heavy atom. The van der Waals surface area contributed by atoms with Gasteiger partial charge in [-0.15, -0.1) is 0 Å². The van der Waals surface area contributed by atoms with Crippen molar-refractivity contribution >= 4 is 49.2 Å². The summed E-state index contributed by atoms with van der Waals surface area (Å²) in [4.78, 5) is 37.1. The minimum Gasteiger partial charge on any atom is -0.347 e. The first-order chi connectivity index (χ1) is 40.4. The highest BCUT2D eigenvalue weighted by molar-refractivity contribution is 7.89. The number of likely N-dealkylation sites (N-methyl/N-ethyl adjacent to an activating group) is 1. The zero-order chi connectivity index (χ0) is 65.4. The zero-order valence-electron chi connectivity index (χ0n) is 55.4. The molecule has 2 saturated heterocycles. The minimum atomic E-state index is -4.20. The Morgan fingerprint density at radius 2 is 0.859 bits per heavy atom. The molecule has 0 radical (unpaired) electrons. The summed E-state index contributed by atoms with van der Waals surface area (Å²) in [5, 5.41) is 22.3. The first-order valence-corrected chi connectivity index (χ1v) is 33.7. The van der Waals surface area contributed by atoms with E-state index in [0.717, 1.165) is 59.2 Å². The third-order valence-electron chi connectivity index (χ3n) is 14.9. The average Bonchev–Trinajstić information content (AvgIpc) is 1.53. The highest BCUT2D eigenvalue weighted by Crippen LogP contribution is 2.64. The van der Waals surface area contributed by atoms with E-state index in [1.807, 2.05) is 148 Å². The van der Waals surface area contributed by atoms with E-state index in [4.69, 9.17) is 9.47 Å². The molecule has 4 heterocycles. The second-order valence-electron chi connectivity index (χ2n) is 20.8. The number of anilines is 2. The van der Waals surface area contributed by atoms with Crippen LogP contribution in [0.4, 0.5) is 22.7 Å². The number of nitrogens with zero attached hydrogens (tertiary/aromatic N) is 6. The molecule has 4 aromatic rings. The fourth-order valence-corrected chi connectivity index (χ4v) is 16.8. The number of hydrogen-bond acceptors (Lipinski definition) is 12. The lowest BCUT2D eigenvalue weighted by Gasteiger charge is -2.40. The van der Waals surface area contributed by atoms with Crippen LogP contribution in [0.1, 0.15) is 225 Å². The Hall–Kier alpha value is -5.83. The maximum atomic E-state index is 14.3.